The monoisotopic (exact) mass is 440 g/mol. The number of benzene rings is 1. The lowest BCUT2D eigenvalue weighted by atomic mass is 9.72. The summed E-state index contributed by atoms with van der Waals surface area (Å²) in [6, 6.07) is 9.80. The predicted molar refractivity (Wildman–Crippen MR) is 134 cm³/mol. The summed E-state index contributed by atoms with van der Waals surface area (Å²) in [5.74, 6) is 0.976. The van der Waals surface area contributed by atoms with Crippen molar-refractivity contribution in [3.05, 3.63) is 60.3 Å². The lowest BCUT2D eigenvalue weighted by molar-refractivity contribution is -0.117. The number of nitrogens with two attached hydrogens (primary N) is 1. The molecule has 2 fully saturated rings. The molecule has 0 aromatic heterocycles. The molecule has 2 heterocycles. The van der Waals surface area contributed by atoms with Crippen LogP contribution in [0.4, 0.5) is 0 Å². The number of hydrogen-bond donors (Lipinski definition) is 1. The van der Waals surface area contributed by atoms with Gasteiger partial charge in [-0.2, -0.15) is 0 Å². The molecule has 2 unspecified atom stereocenters. The van der Waals surface area contributed by atoms with Crippen LogP contribution in [0.5, 0.6) is 0 Å². The van der Waals surface area contributed by atoms with Gasteiger partial charge in [0.1, 0.15) is 6.29 Å². The molecule has 2 N–H and O–H groups in total. The van der Waals surface area contributed by atoms with Crippen LogP contribution < -0.4 is 5.73 Å². The molecule has 3 rings (SSSR count). The summed E-state index contributed by atoms with van der Waals surface area (Å²) >= 11 is 0. The molecule has 6 nitrogen and oxygen atoms in total. The molecule has 6 heteroatoms. The van der Waals surface area contributed by atoms with Crippen molar-refractivity contribution < 1.29 is 9.59 Å². The molecule has 32 heavy (non-hydrogen) atoms. The number of aldehydes is 2. The fourth-order valence-corrected chi connectivity index (χ4v) is 3.92. The third-order valence-corrected chi connectivity index (χ3v) is 5.95. The minimum absolute atomic E-state index is 0.277. The smallest absolute Gasteiger partial charge is 0.153 e. The first-order valence-electron chi connectivity index (χ1n) is 11.2. The molecule has 2 saturated heterocycles. The Hall–Kier alpha value is -2.57. The van der Waals surface area contributed by atoms with E-state index in [0.717, 1.165) is 38.0 Å². The largest absolute Gasteiger partial charge is 0.404 e. The highest BCUT2D eigenvalue weighted by atomic mass is 16.1. The van der Waals surface area contributed by atoms with Gasteiger partial charge in [0.15, 0.2) is 6.29 Å². The summed E-state index contributed by atoms with van der Waals surface area (Å²) in [5.41, 5.74) is 6.98. The van der Waals surface area contributed by atoms with E-state index in [9.17, 15) is 9.59 Å². The molecule has 0 aliphatic carbocycles. The summed E-state index contributed by atoms with van der Waals surface area (Å²) in [6.07, 6.45) is 7.72. The minimum Gasteiger partial charge on any atom is -0.404 e. The maximum atomic E-state index is 10.8. The van der Waals surface area contributed by atoms with E-state index in [0.29, 0.717) is 29.7 Å². The lowest BCUT2D eigenvalue weighted by Gasteiger charge is -2.48. The van der Waals surface area contributed by atoms with Crippen molar-refractivity contribution in [3.63, 3.8) is 0 Å². The quantitative estimate of drug-likeness (QED) is 0.305. The lowest BCUT2D eigenvalue weighted by Crippen LogP contribution is -2.58. The van der Waals surface area contributed by atoms with Crippen molar-refractivity contribution in [3.8, 4) is 0 Å². The zero-order chi connectivity index (χ0) is 24.0. The molecule has 0 radical (unpaired) electrons. The Labute approximate surface area is 193 Å². The van der Waals surface area contributed by atoms with E-state index in [-0.39, 0.29) is 5.92 Å². The molecule has 1 aromatic rings. The van der Waals surface area contributed by atoms with Gasteiger partial charge >= 0.3 is 0 Å². The number of allylic oxidation sites excluding steroid dienone is 2. The summed E-state index contributed by atoms with van der Waals surface area (Å²) in [4.78, 5) is 29.8. The van der Waals surface area contributed by atoms with Crippen molar-refractivity contribution in [2.45, 2.75) is 26.8 Å². The Morgan fingerprint density at radius 2 is 1.84 bits per heavy atom. The number of aliphatic imine (C=N–C) groups is 1. The number of carbonyl (C=O) groups excluding carboxylic acids is 2. The summed E-state index contributed by atoms with van der Waals surface area (Å²) in [7, 11) is 4.22. The Morgan fingerprint density at radius 3 is 2.28 bits per heavy atom. The topological polar surface area (TPSA) is 79.0 Å². The van der Waals surface area contributed by atoms with Crippen LogP contribution in [0.2, 0.25) is 0 Å². The summed E-state index contributed by atoms with van der Waals surface area (Å²) in [5, 5.41) is 0. The second-order valence-electron chi connectivity index (χ2n) is 8.84. The molecule has 1 spiro atoms. The highest BCUT2D eigenvalue weighted by Gasteiger charge is 2.51. The van der Waals surface area contributed by atoms with E-state index >= 15 is 0 Å². The molecule has 0 saturated carbocycles. The van der Waals surface area contributed by atoms with Gasteiger partial charge in [0.25, 0.3) is 0 Å². The molecule has 2 atom stereocenters. The van der Waals surface area contributed by atoms with Gasteiger partial charge in [-0.05, 0) is 25.6 Å². The first-order chi connectivity index (χ1) is 15.3. The fraction of sp³-hybridized carbons (Fsp3) is 0.500. The van der Waals surface area contributed by atoms with E-state index < -0.39 is 0 Å². The maximum Gasteiger partial charge on any atom is 0.153 e. The molecule has 2 aliphatic heterocycles. The van der Waals surface area contributed by atoms with Gasteiger partial charge in [-0.15, -0.1) is 6.58 Å². The average molecular weight is 441 g/mol. The first-order valence-corrected chi connectivity index (χ1v) is 11.2. The van der Waals surface area contributed by atoms with E-state index in [4.69, 9.17) is 5.73 Å². The average Bonchev–Trinajstić information content (AvgIpc) is 3.13. The highest BCUT2D eigenvalue weighted by molar-refractivity contribution is 6.01. The predicted octanol–water partition coefficient (Wildman–Crippen LogP) is 3.20. The number of rotatable bonds is 7. The molecular weight excluding hydrogens is 400 g/mol. The fourth-order valence-electron chi connectivity index (χ4n) is 3.92. The van der Waals surface area contributed by atoms with Crippen molar-refractivity contribution in [1.82, 2.24) is 9.80 Å². The second kappa shape index (κ2) is 14.5. The molecule has 176 valence electrons. The van der Waals surface area contributed by atoms with Crippen LogP contribution >= 0.6 is 0 Å². The van der Waals surface area contributed by atoms with Crippen molar-refractivity contribution in [1.29, 1.82) is 0 Å². The van der Waals surface area contributed by atoms with Crippen LogP contribution in [0.1, 0.15) is 25.8 Å². The van der Waals surface area contributed by atoms with E-state index in [1.54, 1.807) is 0 Å². The van der Waals surface area contributed by atoms with Gasteiger partial charge in [0, 0.05) is 55.5 Å². The van der Waals surface area contributed by atoms with Crippen molar-refractivity contribution in [2.75, 3.05) is 40.3 Å². The minimum atomic E-state index is 0.277. The van der Waals surface area contributed by atoms with Gasteiger partial charge < -0.3 is 20.3 Å². The maximum absolute atomic E-state index is 10.8. The van der Waals surface area contributed by atoms with Crippen LogP contribution in [-0.4, -0.2) is 68.9 Å². The number of likely N-dealkylation sites (tertiary alicyclic amines) is 2. The molecular formula is C26H40N4O2. The first kappa shape index (κ1) is 27.5. The van der Waals surface area contributed by atoms with Crippen LogP contribution in [0, 0.1) is 17.3 Å². The summed E-state index contributed by atoms with van der Waals surface area (Å²) < 4.78 is 0. The van der Waals surface area contributed by atoms with Gasteiger partial charge in [0.05, 0.1) is 6.54 Å². The molecule has 0 amide bonds. The Morgan fingerprint density at radius 1 is 1.22 bits per heavy atom. The van der Waals surface area contributed by atoms with Crippen LogP contribution in [-0.2, 0) is 16.1 Å². The van der Waals surface area contributed by atoms with Crippen molar-refractivity contribution >= 4 is 18.8 Å². The zero-order valence-corrected chi connectivity index (χ0v) is 20.1. The zero-order valence-electron chi connectivity index (χ0n) is 20.1. The van der Waals surface area contributed by atoms with E-state index in [1.807, 2.05) is 36.4 Å². The van der Waals surface area contributed by atoms with E-state index in [1.165, 1.54) is 18.8 Å². The van der Waals surface area contributed by atoms with Gasteiger partial charge in [0.2, 0.25) is 0 Å². The Kier molecular flexibility index (Phi) is 12.4. The van der Waals surface area contributed by atoms with Gasteiger partial charge in [-0.3, -0.25) is 9.79 Å². The van der Waals surface area contributed by atoms with Crippen molar-refractivity contribution in [2.24, 2.45) is 28.0 Å². The van der Waals surface area contributed by atoms with E-state index in [2.05, 4.69) is 49.3 Å². The standard InChI is InChI=1S/C11H12N2O.C9H16N2O.C6H12/c12-6-11(9-14)8-13-7-10-4-2-1-3-5-10;1-10-3-8(4-12)9(5-10)6-11(2)7-9;1-4-6(3)5-2/h1-6,8-9H,7,12H2;4,8H,3,5-7H2,1-2H3;4,6H,1,5H2,2-3H3/b11-6+,13-8?;;. The molecule has 0 bridgehead atoms. The normalized spacial score (nSPS) is 21.0. The molecule has 1 aromatic carbocycles. The Bertz CT molecular complexity index is 754. The summed E-state index contributed by atoms with van der Waals surface area (Å²) in [6.45, 7) is 12.8. The second-order valence-corrected chi connectivity index (χ2v) is 8.84. The third kappa shape index (κ3) is 8.89. The van der Waals surface area contributed by atoms with Gasteiger partial charge in [-0.25, -0.2) is 0 Å². The van der Waals surface area contributed by atoms with Crippen LogP contribution in [0.25, 0.3) is 0 Å². The third-order valence-electron chi connectivity index (χ3n) is 5.95. The number of carbonyl (C=O) groups is 2. The SMILES string of the molecule is C=CC(C)CC.CN1CC(C=O)C2(C1)CN(C)C2.N/C=C(/C=O)C=NCc1ccccc1. The van der Waals surface area contributed by atoms with Crippen LogP contribution in [0.15, 0.2) is 59.8 Å². The van der Waals surface area contributed by atoms with Crippen LogP contribution in [0.3, 0.4) is 0 Å². The molecule has 2 aliphatic rings. The highest BCUT2D eigenvalue weighted by Crippen LogP contribution is 2.41. The Balaban J connectivity index is 0.000000259. The number of nitrogens with zero attached hydrogens (tertiary/aromatic N) is 3. The number of hydrogen-bond acceptors (Lipinski definition) is 6. The van der Waals surface area contributed by atoms with Gasteiger partial charge in [-0.1, -0.05) is 56.7 Å².